The maximum atomic E-state index is 12.2. The van der Waals surface area contributed by atoms with E-state index in [0.717, 1.165) is 25.8 Å². The van der Waals surface area contributed by atoms with Gasteiger partial charge >= 0.3 is 0 Å². The number of nitrogens with zero attached hydrogens (tertiary/aromatic N) is 1. The first-order chi connectivity index (χ1) is 6.73. The molecule has 1 atom stereocenters. The molecule has 0 aromatic rings. The van der Waals surface area contributed by atoms with Gasteiger partial charge in [-0.3, -0.25) is 4.79 Å². The molecule has 1 aliphatic carbocycles. The van der Waals surface area contributed by atoms with Crippen molar-refractivity contribution in [3.05, 3.63) is 0 Å². The molecule has 2 fully saturated rings. The van der Waals surface area contributed by atoms with Gasteiger partial charge in [-0.15, -0.1) is 0 Å². The third-order valence-corrected chi connectivity index (χ3v) is 3.81. The Morgan fingerprint density at radius 3 is 2.79 bits per heavy atom. The molecular weight excluding hydrogens is 176 g/mol. The molecule has 1 unspecified atom stereocenters. The molecule has 2 aliphatic rings. The van der Waals surface area contributed by atoms with Crippen molar-refractivity contribution in [3.63, 3.8) is 0 Å². The molecule has 1 saturated heterocycles. The summed E-state index contributed by atoms with van der Waals surface area (Å²) >= 11 is 0. The topological polar surface area (TPSA) is 46.3 Å². The molecule has 0 aromatic heterocycles. The lowest BCUT2D eigenvalue weighted by Gasteiger charge is -2.27. The molecule has 1 heterocycles. The Morgan fingerprint density at radius 1 is 1.57 bits per heavy atom. The molecule has 0 spiro atoms. The first kappa shape index (κ1) is 9.97. The van der Waals surface area contributed by atoms with Crippen LogP contribution in [0.5, 0.6) is 0 Å². The lowest BCUT2D eigenvalue weighted by Crippen LogP contribution is -2.42. The maximum Gasteiger partial charge on any atom is 0.230 e. The van der Waals surface area contributed by atoms with Gasteiger partial charge in [-0.1, -0.05) is 6.92 Å². The van der Waals surface area contributed by atoms with Gasteiger partial charge in [0.15, 0.2) is 0 Å². The zero-order chi connectivity index (χ0) is 10.2. The minimum atomic E-state index is -0.141. The Morgan fingerprint density at radius 2 is 2.29 bits per heavy atom. The van der Waals surface area contributed by atoms with Crippen molar-refractivity contribution in [1.29, 1.82) is 0 Å². The van der Waals surface area contributed by atoms with E-state index in [1.165, 1.54) is 12.8 Å². The van der Waals surface area contributed by atoms with Gasteiger partial charge in [0.25, 0.3) is 0 Å². The van der Waals surface area contributed by atoms with Crippen LogP contribution in [0.2, 0.25) is 0 Å². The highest BCUT2D eigenvalue weighted by Crippen LogP contribution is 2.47. The van der Waals surface area contributed by atoms with Gasteiger partial charge in [-0.2, -0.15) is 0 Å². The summed E-state index contributed by atoms with van der Waals surface area (Å²) in [5.41, 5.74) is 5.54. The first-order valence-electron chi connectivity index (χ1n) is 5.74. The van der Waals surface area contributed by atoms with Crippen LogP contribution in [0, 0.1) is 5.41 Å². The van der Waals surface area contributed by atoms with E-state index in [-0.39, 0.29) is 5.41 Å². The van der Waals surface area contributed by atoms with E-state index in [1.54, 1.807) is 0 Å². The monoisotopic (exact) mass is 196 g/mol. The van der Waals surface area contributed by atoms with E-state index in [9.17, 15) is 4.79 Å². The molecule has 2 rings (SSSR count). The quantitative estimate of drug-likeness (QED) is 0.735. The molecule has 3 nitrogen and oxygen atoms in total. The van der Waals surface area contributed by atoms with Crippen molar-refractivity contribution >= 4 is 5.91 Å². The fourth-order valence-corrected chi connectivity index (χ4v) is 2.49. The van der Waals surface area contributed by atoms with Crippen LogP contribution >= 0.6 is 0 Å². The number of carbonyl (C=O) groups is 1. The van der Waals surface area contributed by atoms with E-state index < -0.39 is 0 Å². The predicted octanol–water partition coefficient (Wildman–Crippen LogP) is 1.13. The maximum absolute atomic E-state index is 12.2. The van der Waals surface area contributed by atoms with Gasteiger partial charge in [0.05, 0.1) is 5.41 Å². The van der Waals surface area contributed by atoms with Gasteiger partial charge in [0.1, 0.15) is 0 Å². The lowest BCUT2D eigenvalue weighted by atomic mass is 10.0. The highest BCUT2D eigenvalue weighted by atomic mass is 16.2. The van der Waals surface area contributed by atoms with Gasteiger partial charge in [0, 0.05) is 19.1 Å². The summed E-state index contributed by atoms with van der Waals surface area (Å²) < 4.78 is 0. The number of hydrogen-bond acceptors (Lipinski definition) is 2. The average molecular weight is 196 g/mol. The Bertz CT molecular complexity index is 235. The number of nitrogens with two attached hydrogens (primary N) is 1. The molecule has 1 amide bonds. The van der Waals surface area contributed by atoms with Crippen molar-refractivity contribution < 1.29 is 4.79 Å². The van der Waals surface area contributed by atoms with Gasteiger partial charge in [0.2, 0.25) is 5.91 Å². The van der Waals surface area contributed by atoms with Crippen LogP contribution in [0.3, 0.4) is 0 Å². The Kier molecular flexibility index (Phi) is 2.52. The van der Waals surface area contributed by atoms with Gasteiger partial charge < -0.3 is 10.6 Å². The number of carbonyl (C=O) groups excluding carboxylic acids is 1. The largest absolute Gasteiger partial charge is 0.339 e. The summed E-state index contributed by atoms with van der Waals surface area (Å²) in [6.45, 7) is 3.66. The van der Waals surface area contributed by atoms with Crippen LogP contribution in [-0.2, 0) is 4.79 Å². The standard InChI is InChI=1S/C11H20N2O/c1-2-9-4-3-7-13(9)10(14)11(8-12)5-6-11/h9H,2-8,12H2,1H3. The molecule has 0 radical (unpaired) electrons. The summed E-state index contributed by atoms with van der Waals surface area (Å²) in [6.07, 6.45) is 5.46. The van der Waals surface area contributed by atoms with Crippen molar-refractivity contribution in [2.45, 2.75) is 45.1 Å². The number of rotatable bonds is 3. The molecule has 14 heavy (non-hydrogen) atoms. The van der Waals surface area contributed by atoms with Crippen LogP contribution in [0.25, 0.3) is 0 Å². The lowest BCUT2D eigenvalue weighted by molar-refractivity contribution is -0.137. The van der Waals surface area contributed by atoms with Crippen LogP contribution in [0.15, 0.2) is 0 Å². The number of likely N-dealkylation sites (tertiary alicyclic amines) is 1. The first-order valence-corrected chi connectivity index (χ1v) is 5.74. The van der Waals surface area contributed by atoms with Crippen LogP contribution in [0.4, 0.5) is 0 Å². The fourth-order valence-electron chi connectivity index (χ4n) is 2.49. The summed E-state index contributed by atoms with van der Waals surface area (Å²) in [5, 5.41) is 0. The second kappa shape index (κ2) is 3.54. The SMILES string of the molecule is CCC1CCCN1C(=O)C1(CN)CC1. The molecular formula is C11H20N2O. The smallest absolute Gasteiger partial charge is 0.230 e. The van der Waals surface area contributed by atoms with Crippen LogP contribution < -0.4 is 5.73 Å². The van der Waals surface area contributed by atoms with Crippen molar-refractivity contribution in [2.24, 2.45) is 11.1 Å². The summed E-state index contributed by atoms with van der Waals surface area (Å²) in [5.74, 6) is 0.337. The molecule has 1 aliphatic heterocycles. The van der Waals surface area contributed by atoms with E-state index in [2.05, 4.69) is 11.8 Å². The van der Waals surface area contributed by atoms with Crippen molar-refractivity contribution in [3.8, 4) is 0 Å². The number of hydrogen-bond donors (Lipinski definition) is 1. The van der Waals surface area contributed by atoms with Crippen molar-refractivity contribution in [1.82, 2.24) is 4.90 Å². The molecule has 1 saturated carbocycles. The fraction of sp³-hybridized carbons (Fsp3) is 0.909. The van der Waals surface area contributed by atoms with Gasteiger partial charge in [-0.25, -0.2) is 0 Å². The van der Waals surface area contributed by atoms with E-state index >= 15 is 0 Å². The Balaban J connectivity index is 2.04. The minimum Gasteiger partial charge on any atom is -0.339 e. The number of amides is 1. The summed E-state index contributed by atoms with van der Waals surface area (Å²) in [4.78, 5) is 14.3. The second-order valence-electron chi connectivity index (χ2n) is 4.69. The van der Waals surface area contributed by atoms with Gasteiger partial charge in [-0.05, 0) is 32.1 Å². The summed E-state index contributed by atoms with van der Waals surface area (Å²) in [7, 11) is 0. The van der Waals surface area contributed by atoms with Crippen molar-refractivity contribution in [2.75, 3.05) is 13.1 Å². The highest BCUT2D eigenvalue weighted by molar-refractivity contribution is 5.86. The predicted molar refractivity (Wildman–Crippen MR) is 55.7 cm³/mol. The zero-order valence-electron chi connectivity index (χ0n) is 8.96. The summed E-state index contributed by atoms with van der Waals surface area (Å²) in [6, 6.07) is 0.492. The van der Waals surface area contributed by atoms with Crippen LogP contribution in [-0.4, -0.2) is 29.9 Å². The molecule has 0 aromatic carbocycles. The van der Waals surface area contributed by atoms with E-state index in [1.807, 2.05) is 0 Å². The molecule has 80 valence electrons. The Labute approximate surface area is 85.6 Å². The van der Waals surface area contributed by atoms with E-state index in [0.29, 0.717) is 18.5 Å². The minimum absolute atomic E-state index is 0.141. The Hall–Kier alpha value is -0.570. The van der Waals surface area contributed by atoms with Crippen LogP contribution in [0.1, 0.15) is 39.0 Å². The average Bonchev–Trinajstić information content (AvgIpc) is 2.87. The molecule has 0 bridgehead atoms. The third kappa shape index (κ3) is 1.44. The zero-order valence-corrected chi connectivity index (χ0v) is 8.96. The molecule has 3 heteroatoms. The highest BCUT2D eigenvalue weighted by Gasteiger charge is 2.51. The normalized spacial score (nSPS) is 29.3. The molecule has 2 N–H and O–H groups in total. The second-order valence-corrected chi connectivity index (χ2v) is 4.69. The van der Waals surface area contributed by atoms with E-state index in [4.69, 9.17) is 5.73 Å². The third-order valence-electron chi connectivity index (χ3n) is 3.81.